The molecule has 0 aromatic rings. The summed E-state index contributed by atoms with van der Waals surface area (Å²) in [4.78, 5) is 18.6. The molecule has 33 heavy (non-hydrogen) atoms. The molecule has 6 heteroatoms. The standard InChI is InChI=1S/C27H49O4P.Na/c1-18(2)7-6-8-19(3)23-11-12-24-22-10-9-20-17-21(31-32(28,29)30)13-15-26(20,4)25(22)14-16-27(23,24)5;/h18-25H,6-17H2,1-5H3,(H2,28,29,30);/t19-,20+,21-,22+,23-,24+,25+,26+,27-;/m1./s1. The summed E-state index contributed by atoms with van der Waals surface area (Å²) in [5.74, 6) is 5.69. The molecule has 4 nitrogen and oxygen atoms in total. The van der Waals surface area contributed by atoms with Crippen LogP contribution in [-0.2, 0) is 9.09 Å². The van der Waals surface area contributed by atoms with Crippen LogP contribution in [0.25, 0.3) is 0 Å². The number of phosphoric acid groups is 1. The van der Waals surface area contributed by atoms with Gasteiger partial charge < -0.3 is 9.79 Å². The minimum Gasteiger partial charge on any atom is -0.303 e. The molecular weight excluding hydrogens is 442 g/mol. The van der Waals surface area contributed by atoms with Crippen LogP contribution >= 0.6 is 7.82 Å². The van der Waals surface area contributed by atoms with Crippen molar-refractivity contribution in [1.82, 2.24) is 0 Å². The number of hydrogen-bond donors (Lipinski definition) is 2. The summed E-state index contributed by atoms with van der Waals surface area (Å²) in [5, 5.41) is 0. The van der Waals surface area contributed by atoms with Gasteiger partial charge in [0.25, 0.3) is 0 Å². The van der Waals surface area contributed by atoms with Gasteiger partial charge in [0, 0.05) is 29.6 Å². The third-order valence-corrected chi connectivity index (χ3v) is 11.7. The first-order valence-electron chi connectivity index (χ1n) is 13.7. The van der Waals surface area contributed by atoms with Gasteiger partial charge in [-0.25, -0.2) is 4.57 Å². The Kier molecular flexibility index (Phi) is 9.42. The van der Waals surface area contributed by atoms with Crippen molar-refractivity contribution in [1.29, 1.82) is 0 Å². The van der Waals surface area contributed by atoms with Crippen molar-refractivity contribution in [2.24, 2.45) is 52.3 Å². The van der Waals surface area contributed by atoms with E-state index in [2.05, 4.69) is 34.6 Å². The molecule has 4 aliphatic carbocycles. The zero-order chi connectivity index (χ0) is 23.3. The van der Waals surface area contributed by atoms with Gasteiger partial charge in [-0.15, -0.1) is 0 Å². The van der Waals surface area contributed by atoms with E-state index in [9.17, 15) is 14.4 Å². The van der Waals surface area contributed by atoms with Crippen LogP contribution in [0.15, 0.2) is 0 Å². The molecule has 0 saturated heterocycles. The van der Waals surface area contributed by atoms with Gasteiger partial charge >= 0.3 is 7.82 Å². The topological polar surface area (TPSA) is 66.8 Å². The van der Waals surface area contributed by atoms with Crippen molar-refractivity contribution in [3.05, 3.63) is 0 Å². The van der Waals surface area contributed by atoms with Gasteiger partial charge in [0.2, 0.25) is 0 Å². The van der Waals surface area contributed by atoms with Crippen LogP contribution in [0.5, 0.6) is 0 Å². The molecule has 0 aromatic heterocycles. The Morgan fingerprint density at radius 3 is 2.24 bits per heavy atom. The summed E-state index contributed by atoms with van der Waals surface area (Å²) in [5.41, 5.74) is 0.863. The molecule has 187 valence electrons. The van der Waals surface area contributed by atoms with Crippen molar-refractivity contribution < 1.29 is 18.9 Å². The van der Waals surface area contributed by atoms with E-state index >= 15 is 0 Å². The summed E-state index contributed by atoms with van der Waals surface area (Å²) in [7, 11) is -4.39. The van der Waals surface area contributed by atoms with Gasteiger partial charge in [0.1, 0.15) is 0 Å². The maximum Gasteiger partial charge on any atom is 0.469 e. The smallest absolute Gasteiger partial charge is 0.303 e. The van der Waals surface area contributed by atoms with Crippen LogP contribution in [0.4, 0.5) is 0 Å². The molecule has 0 bridgehead atoms. The zero-order valence-corrected chi connectivity index (χ0v) is 25.2. The third kappa shape index (κ3) is 5.83. The van der Waals surface area contributed by atoms with E-state index in [1.165, 1.54) is 57.8 Å². The summed E-state index contributed by atoms with van der Waals surface area (Å²) in [6.45, 7) is 12.4. The predicted octanol–water partition coefficient (Wildman–Crippen LogP) is 7.20. The average Bonchev–Trinajstić information content (AvgIpc) is 3.04. The van der Waals surface area contributed by atoms with Gasteiger partial charge in [0.15, 0.2) is 0 Å². The van der Waals surface area contributed by atoms with Crippen LogP contribution in [0.2, 0.25) is 0 Å². The van der Waals surface area contributed by atoms with Gasteiger partial charge in [-0.1, -0.05) is 53.9 Å². The number of rotatable bonds is 7. The zero-order valence-electron chi connectivity index (χ0n) is 22.3. The first kappa shape index (κ1) is 28.7. The van der Waals surface area contributed by atoms with Crippen molar-refractivity contribution >= 4 is 37.4 Å². The molecular formula is C27H49NaO4P. The van der Waals surface area contributed by atoms with Crippen molar-refractivity contribution in [3.8, 4) is 0 Å². The predicted molar refractivity (Wildman–Crippen MR) is 136 cm³/mol. The van der Waals surface area contributed by atoms with Gasteiger partial charge in [-0.2, -0.15) is 0 Å². The molecule has 0 aliphatic heterocycles. The Morgan fingerprint density at radius 2 is 1.58 bits per heavy atom. The Labute approximate surface area is 225 Å². The number of phosphoric ester groups is 1. The maximum absolute atomic E-state index is 11.4. The van der Waals surface area contributed by atoms with Crippen LogP contribution in [0, 0.1) is 52.3 Å². The summed E-state index contributed by atoms with van der Waals surface area (Å²) >= 11 is 0. The minimum absolute atomic E-state index is 0. The first-order valence-corrected chi connectivity index (χ1v) is 15.2. The fraction of sp³-hybridized carbons (Fsp3) is 1.00. The first-order chi connectivity index (χ1) is 14.9. The van der Waals surface area contributed by atoms with E-state index in [0.717, 1.165) is 54.8 Å². The van der Waals surface area contributed by atoms with E-state index in [1.54, 1.807) is 0 Å². The molecule has 9 atom stereocenters. The van der Waals surface area contributed by atoms with Gasteiger partial charge in [-0.05, 0) is 110 Å². The van der Waals surface area contributed by atoms with Crippen LogP contribution in [0.1, 0.15) is 112 Å². The summed E-state index contributed by atoms with van der Waals surface area (Å²) in [6.07, 6.45) is 14.8. The molecule has 4 fully saturated rings. The van der Waals surface area contributed by atoms with Crippen molar-refractivity contribution in [2.75, 3.05) is 0 Å². The molecule has 1 radical (unpaired) electrons. The van der Waals surface area contributed by atoms with Crippen LogP contribution in [0.3, 0.4) is 0 Å². The Balaban J connectivity index is 0.00000306. The summed E-state index contributed by atoms with van der Waals surface area (Å²) < 4.78 is 16.5. The molecule has 4 saturated carbocycles. The molecule has 0 unspecified atom stereocenters. The quantitative estimate of drug-likeness (QED) is 0.292. The average molecular weight is 492 g/mol. The fourth-order valence-electron chi connectivity index (χ4n) is 9.53. The fourth-order valence-corrected chi connectivity index (χ4v) is 10.1. The molecule has 4 aliphatic rings. The van der Waals surface area contributed by atoms with E-state index in [0.29, 0.717) is 16.7 Å². The second-order valence-corrected chi connectivity index (χ2v) is 14.4. The molecule has 0 aromatic carbocycles. The number of fused-ring (bicyclic) bond motifs is 5. The maximum atomic E-state index is 11.4. The largest absolute Gasteiger partial charge is 0.469 e. The molecule has 2 N–H and O–H groups in total. The van der Waals surface area contributed by atoms with Crippen molar-refractivity contribution in [2.45, 2.75) is 118 Å². The number of hydrogen-bond acceptors (Lipinski definition) is 2. The van der Waals surface area contributed by atoms with Crippen LogP contribution in [-0.4, -0.2) is 45.4 Å². The molecule has 0 spiro atoms. The SMILES string of the molecule is CC(C)CCC[C@@H](C)[C@H]1CC[C@H]2[C@@H]3CC[C@H]4C[C@H](OP(=O)(O)O)CC[C@]4(C)[C@H]3CC[C@]12C.[Na]. The molecule has 0 heterocycles. The van der Waals surface area contributed by atoms with E-state index in [1.807, 2.05) is 0 Å². The van der Waals surface area contributed by atoms with Gasteiger partial charge in [-0.3, -0.25) is 4.52 Å². The molecule has 0 amide bonds. The Hall–Kier alpha value is 1.11. The van der Waals surface area contributed by atoms with Crippen LogP contribution < -0.4 is 0 Å². The summed E-state index contributed by atoms with van der Waals surface area (Å²) in [6, 6.07) is 0. The monoisotopic (exact) mass is 491 g/mol. The van der Waals surface area contributed by atoms with Gasteiger partial charge in [0.05, 0.1) is 6.10 Å². The normalized spacial score (nSPS) is 43.9. The third-order valence-electron chi connectivity index (χ3n) is 11.1. The van der Waals surface area contributed by atoms with E-state index in [4.69, 9.17) is 4.52 Å². The van der Waals surface area contributed by atoms with Crippen molar-refractivity contribution in [3.63, 3.8) is 0 Å². The second kappa shape index (κ2) is 10.8. The Bertz CT molecular complexity index is 710. The minimum atomic E-state index is -4.39. The second-order valence-electron chi connectivity index (χ2n) is 13.2. The Morgan fingerprint density at radius 1 is 0.909 bits per heavy atom. The van der Waals surface area contributed by atoms with E-state index in [-0.39, 0.29) is 35.7 Å². The van der Waals surface area contributed by atoms with E-state index < -0.39 is 7.82 Å². The molecule has 4 rings (SSSR count).